The van der Waals surface area contributed by atoms with Gasteiger partial charge in [-0.3, -0.25) is 25.7 Å². The number of benzene rings is 2. The average Bonchev–Trinajstić information content (AvgIpc) is 2.65. The van der Waals surface area contributed by atoms with Crippen LogP contribution in [0.5, 0.6) is 5.75 Å². The van der Waals surface area contributed by atoms with Crippen LogP contribution in [0.2, 0.25) is 0 Å². The van der Waals surface area contributed by atoms with Crippen LogP contribution in [-0.2, 0) is 11.3 Å². The first-order valence-electron chi connectivity index (χ1n) is 7.76. The van der Waals surface area contributed by atoms with Gasteiger partial charge < -0.3 is 9.47 Å². The minimum atomic E-state index is -0.704. The summed E-state index contributed by atoms with van der Waals surface area (Å²) in [6.07, 6.45) is 0. The minimum Gasteiger partial charge on any atom is -0.496 e. The van der Waals surface area contributed by atoms with Gasteiger partial charge in [-0.15, -0.1) is 0 Å². The number of anilines is 1. The van der Waals surface area contributed by atoms with Crippen molar-refractivity contribution in [2.24, 2.45) is 5.10 Å². The second-order valence-electron chi connectivity index (χ2n) is 5.48. The van der Waals surface area contributed by atoms with E-state index in [0.717, 1.165) is 17.2 Å². The van der Waals surface area contributed by atoms with E-state index in [4.69, 9.17) is 9.47 Å². The van der Waals surface area contributed by atoms with E-state index in [2.05, 4.69) is 10.5 Å². The highest BCUT2D eigenvalue weighted by Gasteiger charge is 2.19. The number of ether oxygens (including phenoxy) is 2. The van der Waals surface area contributed by atoms with Crippen molar-refractivity contribution in [2.45, 2.75) is 13.5 Å². The highest BCUT2D eigenvalue weighted by Crippen LogP contribution is 2.29. The Balaban J connectivity index is 2.31. The van der Waals surface area contributed by atoms with Crippen molar-refractivity contribution in [2.75, 3.05) is 19.6 Å². The second-order valence-corrected chi connectivity index (χ2v) is 5.48. The smallest absolute Gasteiger partial charge is 0.301 e. The van der Waals surface area contributed by atoms with Crippen LogP contribution in [0, 0.1) is 20.2 Å². The summed E-state index contributed by atoms with van der Waals surface area (Å²) >= 11 is 0. The number of nitrogens with one attached hydrogen (secondary N) is 1. The number of non-ortho nitro benzene ring substituents is 1. The predicted octanol–water partition coefficient (Wildman–Crippen LogP) is 3.49. The van der Waals surface area contributed by atoms with Gasteiger partial charge in [0.2, 0.25) is 0 Å². The maximum absolute atomic E-state index is 11.2. The fourth-order valence-electron chi connectivity index (χ4n) is 2.36. The summed E-state index contributed by atoms with van der Waals surface area (Å²) in [6.45, 7) is 2.08. The minimum absolute atomic E-state index is 0.0515. The van der Waals surface area contributed by atoms with Crippen LogP contribution < -0.4 is 10.2 Å². The molecule has 2 rings (SSSR count). The molecule has 0 aromatic heterocycles. The van der Waals surface area contributed by atoms with Crippen molar-refractivity contribution >= 4 is 22.8 Å². The van der Waals surface area contributed by atoms with E-state index in [-0.39, 0.29) is 11.4 Å². The number of nitro benzene ring substituents is 2. The fourth-order valence-corrected chi connectivity index (χ4v) is 2.36. The summed E-state index contributed by atoms with van der Waals surface area (Å²) in [6, 6.07) is 8.71. The second kappa shape index (κ2) is 8.72. The van der Waals surface area contributed by atoms with Crippen LogP contribution in [0.25, 0.3) is 0 Å². The number of nitro groups is 2. The molecule has 0 bridgehead atoms. The van der Waals surface area contributed by atoms with Crippen LogP contribution in [0.15, 0.2) is 41.5 Å². The molecule has 10 nitrogen and oxygen atoms in total. The molecule has 2 aromatic rings. The standard InChI is InChI=1S/C17H18N4O6/c1-11(12-4-7-17(27-3)13(8-12)10-26-2)18-19-15-6-5-14(20(22)23)9-16(15)21(24)25/h4-9,19H,10H2,1-3H3/b18-11-. The van der Waals surface area contributed by atoms with Gasteiger partial charge in [0, 0.05) is 18.7 Å². The Bertz CT molecular complexity index is 897. The molecule has 10 heteroatoms. The number of methoxy groups -OCH3 is 2. The van der Waals surface area contributed by atoms with Crippen LogP contribution >= 0.6 is 0 Å². The number of hydrogen-bond acceptors (Lipinski definition) is 8. The zero-order valence-electron chi connectivity index (χ0n) is 15.0. The third-order valence-corrected chi connectivity index (χ3v) is 3.73. The van der Waals surface area contributed by atoms with Gasteiger partial charge in [-0.1, -0.05) is 0 Å². The number of nitrogens with zero attached hydrogens (tertiary/aromatic N) is 3. The summed E-state index contributed by atoms with van der Waals surface area (Å²) in [5.74, 6) is 0.673. The van der Waals surface area contributed by atoms with Crippen LogP contribution in [0.4, 0.5) is 17.1 Å². The van der Waals surface area contributed by atoms with Crippen molar-refractivity contribution in [3.8, 4) is 5.75 Å². The maximum atomic E-state index is 11.2. The molecule has 2 aromatic carbocycles. The molecule has 0 amide bonds. The Morgan fingerprint density at radius 3 is 2.44 bits per heavy atom. The Labute approximate surface area is 154 Å². The van der Waals surface area contributed by atoms with Gasteiger partial charge in [0.15, 0.2) is 0 Å². The fraction of sp³-hybridized carbons (Fsp3) is 0.235. The van der Waals surface area contributed by atoms with E-state index in [1.165, 1.54) is 12.1 Å². The number of rotatable bonds is 8. The van der Waals surface area contributed by atoms with Crippen LogP contribution in [0.1, 0.15) is 18.1 Å². The van der Waals surface area contributed by atoms with E-state index in [1.54, 1.807) is 33.3 Å². The predicted molar refractivity (Wildman–Crippen MR) is 99.3 cm³/mol. The van der Waals surface area contributed by atoms with E-state index in [0.29, 0.717) is 18.1 Å². The van der Waals surface area contributed by atoms with Gasteiger partial charge in [-0.2, -0.15) is 5.10 Å². The zero-order chi connectivity index (χ0) is 20.0. The summed E-state index contributed by atoms with van der Waals surface area (Å²) in [5, 5.41) is 26.1. The first-order chi connectivity index (χ1) is 12.9. The molecular weight excluding hydrogens is 356 g/mol. The summed E-state index contributed by atoms with van der Waals surface area (Å²) in [5.41, 5.74) is 4.00. The Morgan fingerprint density at radius 2 is 1.85 bits per heavy atom. The molecule has 0 saturated heterocycles. The highest BCUT2D eigenvalue weighted by molar-refractivity contribution is 5.99. The third kappa shape index (κ3) is 4.76. The molecule has 0 atom stereocenters. The van der Waals surface area contributed by atoms with E-state index in [1.807, 2.05) is 6.07 Å². The summed E-state index contributed by atoms with van der Waals surface area (Å²) in [4.78, 5) is 20.6. The number of hydrogen-bond donors (Lipinski definition) is 1. The normalized spacial score (nSPS) is 11.1. The summed E-state index contributed by atoms with van der Waals surface area (Å²) < 4.78 is 10.4. The van der Waals surface area contributed by atoms with Crippen LogP contribution in [0.3, 0.4) is 0 Å². The lowest BCUT2D eigenvalue weighted by atomic mass is 10.1. The van der Waals surface area contributed by atoms with E-state index in [9.17, 15) is 20.2 Å². The van der Waals surface area contributed by atoms with Gasteiger partial charge in [0.1, 0.15) is 11.4 Å². The van der Waals surface area contributed by atoms with Crippen molar-refractivity contribution in [3.05, 3.63) is 67.8 Å². The lowest BCUT2D eigenvalue weighted by Crippen LogP contribution is -2.04. The van der Waals surface area contributed by atoms with Gasteiger partial charge in [-0.25, -0.2) is 0 Å². The summed E-state index contributed by atoms with van der Waals surface area (Å²) in [7, 11) is 3.13. The van der Waals surface area contributed by atoms with Crippen molar-refractivity contribution < 1.29 is 19.3 Å². The Morgan fingerprint density at radius 1 is 1.11 bits per heavy atom. The van der Waals surface area contributed by atoms with Crippen molar-refractivity contribution in [3.63, 3.8) is 0 Å². The molecule has 0 aliphatic carbocycles. The van der Waals surface area contributed by atoms with Gasteiger partial charge in [0.05, 0.1) is 35.3 Å². The lowest BCUT2D eigenvalue weighted by molar-refractivity contribution is -0.393. The first kappa shape index (κ1) is 19.8. The number of hydrazone groups is 1. The topological polar surface area (TPSA) is 129 Å². The molecule has 0 heterocycles. The molecule has 0 spiro atoms. The Kier molecular flexibility index (Phi) is 6.39. The quantitative estimate of drug-likeness (QED) is 0.425. The molecule has 1 N–H and O–H groups in total. The molecule has 0 fully saturated rings. The molecule has 0 unspecified atom stereocenters. The maximum Gasteiger partial charge on any atom is 0.301 e. The van der Waals surface area contributed by atoms with E-state index < -0.39 is 15.5 Å². The molecule has 142 valence electrons. The molecular formula is C17H18N4O6. The van der Waals surface area contributed by atoms with Gasteiger partial charge in [0.25, 0.3) is 5.69 Å². The van der Waals surface area contributed by atoms with Crippen molar-refractivity contribution in [1.82, 2.24) is 0 Å². The third-order valence-electron chi connectivity index (χ3n) is 3.73. The monoisotopic (exact) mass is 374 g/mol. The molecule has 27 heavy (non-hydrogen) atoms. The molecule has 0 aliphatic rings. The Hall–Kier alpha value is -3.53. The zero-order valence-corrected chi connectivity index (χ0v) is 15.0. The lowest BCUT2D eigenvalue weighted by Gasteiger charge is -2.10. The largest absolute Gasteiger partial charge is 0.496 e. The van der Waals surface area contributed by atoms with Crippen LogP contribution in [-0.4, -0.2) is 29.8 Å². The van der Waals surface area contributed by atoms with Gasteiger partial charge in [-0.05, 0) is 36.8 Å². The highest BCUT2D eigenvalue weighted by atomic mass is 16.6. The SMILES string of the molecule is COCc1cc(/C(C)=N\Nc2ccc([N+](=O)[O-])cc2[N+](=O)[O-])ccc1OC. The first-order valence-corrected chi connectivity index (χ1v) is 7.76. The molecule has 0 saturated carbocycles. The van der Waals surface area contributed by atoms with E-state index >= 15 is 0 Å². The van der Waals surface area contributed by atoms with Crippen molar-refractivity contribution in [1.29, 1.82) is 0 Å². The van der Waals surface area contributed by atoms with Gasteiger partial charge >= 0.3 is 5.69 Å². The average molecular weight is 374 g/mol. The molecule has 0 radical (unpaired) electrons. The molecule has 0 aliphatic heterocycles.